The third-order valence-corrected chi connectivity index (χ3v) is 3.49. The fourth-order valence-electron chi connectivity index (χ4n) is 1.18. The van der Waals surface area contributed by atoms with Crippen LogP contribution < -0.4 is 4.72 Å². The maximum atomic E-state index is 11.7. The van der Waals surface area contributed by atoms with Gasteiger partial charge in [-0.15, -0.1) is 0 Å². The summed E-state index contributed by atoms with van der Waals surface area (Å²) in [5.41, 5.74) is 0. The van der Waals surface area contributed by atoms with Crippen LogP contribution in [-0.2, 0) is 14.8 Å². The zero-order valence-electron chi connectivity index (χ0n) is 10.0. The van der Waals surface area contributed by atoms with Crippen molar-refractivity contribution in [2.24, 2.45) is 0 Å². The number of aliphatic hydroxyl groups is 1. The van der Waals surface area contributed by atoms with Crippen LogP contribution in [0.3, 0.4) is 0 Å². The molecule has 0 bridgehead atoms. The van der Waals surface area contributed by atoms with Crippen molar-refractivity contribution in [1.29, 1.82) is 0 Å². The molecule has 1 aromatic heterocycles. The Bertz CT molecular complexity index is 529. The summed E-state index contributed by atoms with van der Waals surface area (Å²) in [6.07, 6.45) is -0.103. The van der Waals surface area contributed by atoms with Gasteiger partial charge in [-0.2, -0.15) is 0 Å². The summed E-state index contributed by atoms with van der Waals surface area (Å²) < 4.78 is 30.3. The molecule has 0 aliphatic rings. The van der Waals surface area contributed by atoms with Crippen molar-refractivity contribution in [2.45, 2.75) is 11.0 Å². The monoisotopic (exact) mass is 291 g/mol. The molecular weight excluding hydrogens is 278 g/mol. The molecule has 0 amide bonds. The van der Waals surface area contributed by atoms with E-state index < -0.39 is 26.9 Å². The number of pyridine rings is 1. The van der Waals surface area contributed by atoms with E-state index in [1.165, 1.54) is 7.11 Å². The normalized spacial score (nSPS) is 13.2. The molecule has 2 N–H and O–H groups in total. The standard InChI is InChI=1S/C9H13N3O6S/c1-18-6-7(13)4-11-19(16,17)8-2-3-9(10-5-8)12(14)15/h2-3,5,7,11,13H,4,6H2,1H3. The average molecular weight is 291 g/mol. The van der Waals surface area contributed by atoms with Gasteiger partial charge in [-0.25, -0.2) is 13.1 Å². The van der Waals surface area contributed by atoms with E-state index in [0.717, 1.165) is 18.3 Å². The topological polar surface area (TPSA) is 132 Å². The highest BCUT2D eigenvalue weighted by Gasteiger charge is 2.19. The largest absolute Gasteiger partial charge is 0.389 e. The van der Waals surface area contributed by atoms with Gasteiger partial charge in [0.15, 0.2) is 6.20 Å². The number of aliphatic hydroxyl groups excluding tert-OH is 1. The summed E-state index contributed by atoms with van der Waals surface area (Å²) in [6.45, 7) is -0.242. The Balaban J connectivity index is 2.74. The molecule has 0 aliphatic heterocycles. The summed E-state index contributed by atoms with van der Waals surface area (Å²) in [5.74, 6) is -0.446. The molecule has 0 aromatic carbocycles. The van der Waals surface area contributed by atoms with Crippen LogP contribution in [-0.4, -0.2) is 49.8 Å². The van der Waals surface area contributed by atoms with E-state index in [1.807, 2.05) is 0 Å². The first-order chi connectivity index (χ1) is 8.86. The van der Waals surface area contributed by atoms with Crippen molar-refractivity contribution in [1.82, 2.24) is 9.71 Å². The Morgan fingerprint density at radius 2 is 2.26 bits per heavy atom. The fourth-order valence-corrected chi connectivity index (χ4v) is 2.20. The first-order valence-corrected chi connectivity index (χ1v) is 6.62. The average Bonchev–Trinajstić information content (AvgIpc) is 2.37. The van der Waals surface area contributed by atoms with Gasteiger partial charge < -0.3 is 20.0 Å². The molecule has 1 atom stereocenters. The van der Waals surface area contributed by atoms with E-state index >= 15 is 0 Å². The summed E-state index contributed by atoms with van der Waals surface area (Å²) in [5, 5.41) is 19.7. The van der Waals surface area contributed by atoms with Crippen LogP contribution >= 0.6 is 0 Å². The van der Waals surface area contributed by atoms with Crippen LogP contribution in [0.15, 0.2) is 23.2 Å². The highest BCUT2D eigenvalue weighted by molar-refractivity contribution is 7.89. The number of aromatic nitrogens is 1. The molecule has 19 heavy (non-hydrogen) atoms. The molecule has 0 fully saturated rings. The van der Waals surface area contributed by atoms with Gasteiger partial charge in [-0.1, -0.05) is 0 Å². The van der Waals surface area contributed by atoms with E-state index in [9.17, 15) is 23.6 Å². The van der Waals surface area contributed by atoms with Gasteiger partial charge in [0.1, 0.15) is 4.90 Å². The minimum Gasteiger partial charge on any atom is -0.389 e. The third-order valence-electron chi connectivity index (χ3n) is 2.09. The second-order valence-corrected chi connectivity index (χ2v) is 5.34. The van der Waals surface area contributed by atoms with Crippen LogP contribution in [0, 0.1) is 10.1 Å². The van der Waals surface area contributed by atoms with Gasteiger partial charge in [0.25, 0.3) is 0 Å². The molecule has 0 spiro atoms. The third kappa shape index (κ3) is 4.52. The molecule has 0 saturated carbocycles. The summed E-state index contributed by atoms with van der Waals surface area (Å²) in [7, 11) is -2.49. The second-order valence-electron chi connectivity index (χ2n) is 3.57. The van der Waals surface area contributed by atoms with E-state index in [4.69, 9.17) is 0 Å². The SMILES string of the molecule is COCC(O)CNS(=O)(=O)c1ccc([N+](=O)[O-])nc1. The molecular formula is C9H13N3O6S. The van der Waals surface area contributed by atoms with Gasteiger partial charge in [-0.3, -0.25) is 0 Å². The van der Waals surface area contributed by atoms with Crippen LogP contribution in [0.4, 0.5) is 5.82 Å². The first-order valence-electron chi connectivity index (χ1n) is 5.14. The molecule has 1 aromatic rings. The lowest BCUT2D eigenvalue weighted by atomic mass is 10.4. The highest BCUT2D eigenvalue weighted by atomic mass is 32.2. The Hall–Kier alpha value is -1.62. The number of nitro groups is 1. The fraction of sp³-hybridized carbons (Fsp3) is 0.444. The lowest BCUT2D eigenvalue weighted by Gasteiger charge is -2.10. The van der Waals surface area contributed by atoms with Gasteiger partial charge in [0, 0.05) is 19.7 Å². The van der Waals surface area contributed by atoms with Gasteiger partial charge in [-0.05, 0) is 16.0 Å². The Morgan fingerprint density at radius 3 is 2.74 bits per heavy atom. The molecule has 1 heterocycles. The molecule has 0 saturated heterocycles. The zero-order valence-corrected chi connectivity index (χ0v) is 10.8. The van der Waals surface area contributed by atoms with Crippen LogP contribution in [0.2, 0.25) is 0 Å². The number of hydrogen-bond acceptors (Lipinski definition) is 7. The van der Waals surface area contributed by atoms with Crippen molar-refractivity contribution in [3.63, 3.8) is 0 Å². The second kappa shape index (κ2) is 6.52. The number of methoxy groups -OCH3 is 1. The molecule has 106 valence electrons. The van der Waals surface area contributed by atoms with Gasteiger partial charge >= 0.3 is 5.82 Å². The van der Waals surface area contributed by atoms with Crippen molar-refractivity contribution < 1.29 is 23.2 Å². The van der Waals surface area contributed by atoms with Crippen molar-refractivity contribution in [3.05, 3.63) is 28.4 Å². The first kappa shape index (κ1) is 15.4. The highest BCUT2D eigenvalue weighted by Crippen LogP contribution is 2.11. The lowest BCUT2D eigenvalue weighted by molar-refractivity contribution is -0.389. The van der Waals surface area contributed by atoms with E-state index in [0.29, 0.717) is 0 Å². The van der Waals surface area contributed by atoms with Crippen LogP contribution in [0.25, 0.3) is 0 Å². The number of ether oxygens (including phenoxy) is 1. The number of sulfonamides is 1. The molecule has 1 rings (SSSR count). The Kier molecular flexibility index (Phi) is 5.30. The maximum Gasteiger partial charge on any atom is 0.363 e. The minimum atomic E-state index is -3.87. The summed E-state index contributed by atoms with van der Waals surface area (Å²) in [6, 6.07) is 2.05. The molecule has 0 aliphatic carbocycles. The van der Waals surface area contributed by atoms with Crippen LogP contribution in [0.1, 0.15) is 0 Å². The number of nitrogens with one attached hydrogen (secondary N) is 1. The maximum absolute atomic E-state index is 11.7. The van der Waals surface area contributed by atoms with Crippen LogP contribution in [0.5, 0.6) is 0 Å². The zero-order chi connectivity index (χ0) is 14.5. The minimum absolute atomic E-state index is 0.0129. The van der Waals surface area contributed by atoms with E-state index in [2.05, 4.69) is 14.4 Å². The molecule has 9 nitrogen and oxygen atoms in total. The smallest absolute Gasteiger partial charge is 0.363 e. The van der Waals surface area contributed by atoms with E-state index in [-0.39, 0.29) is 18.0 Å². The quantitative estimate of drug-likeness (QED) is 0.500. The predicted molar refractivity (Wildman–Crippen MR) is 64.0 cm³/mol. The summed E-state index contributed by atoms with van der Waals surface area (Å²) in [4.78, 5) is 12.8. The summed E-state index contributed by atoms with van der Waals surface area (Å²) >= 11 is 0. The Morgan fingerprint density at radius 1 is 1.58 bits per heavy atom. The van der Waals surface area contributed by atoms with E-state index in [1.54, 1.807) is 0 Å². The van der Waals surface area contributed by atoms with Crippen molar-refractivity contribution >= 4 is 15.8 Å². The number of rotatable bonds is 7. The lowest BCUT2D eigenvalue weighted by Crippen LogP contribution is -2.34. The molecule has 0 radical (unpaired) electrons. The number of nitrogens with zero attached hydrogens (tertiary/aromatic N) is 2. The van der Waals surface area contributed by atoms with Crippen molar-refractivity contribution in [3.8, 4) is 0 Å². The van der Waals surface area contributed by atoms with Gasteiger partial charge in [0.2, 0.25) is 10.0 Å². The van der Waals surface area contributed by atoms with Gasteiger partial charge in [0.05, 0.1) is 12.7 Å². The molecule has 1 unspecified atom stereocenters. The Labute approximate surface area is 109 Å². The van der Waals surface area contributed by atoms with Crippen molar-refractivity contribution in [2.75, 3.05) is 20.3 Å². The number of hydrogen-bond donors (Lipinski definition) is 2. The predicted octanol–water partition coefficient (Wildman–Crippen LogP) is -0.725. The molecule has 10 heteroatoms.